The first kappa shape index (κ1) is 17.7. The molecule has 2 heterocycles. The van der Waals surface area contributed by atoms with Crippen LogP contribution in [0.2, 0.25) is 0 Å². The van der Waals surface area contributed by atoms with Gasteiger partial charge >= 0.3 is 6.03 Å². The molecular formula is C19H28N4O2. The second kappa shape index (κ2) is 8.34. The molecule has 6 heteroatoms. The highest BCUT2D eigenvalue weighted by Gasteiger charge is 2.33. The van der Waals surface area contributed by atoms with Crippen molar-refractivity contribution in [1.29, 1.82) is 0 Å². The molecule has 0 atom stereocenters. The maximum atomic E-state index is 12.1. The molecule has 0 unspecified atom stereocenters. The standard InChI is InChI=1S/C19H28N4O2/c1-21-13-14-23(19(21)25)17-8-11-22(12-9-17)15-18(24)20-10-7-16-5-3-2-4-6-16/h2-6,17H,7-15H2,1H3,(H,20,24). The predicted octanol–water partition coefficient (Wildman–Crippen LogP) is 1.18. The largest absolute Gasteiger partial charge is 0.355 e. The summed E-state index contributed by atoms with van der Waals surface area (Å²) in [7, 11) is 1.86. The lowest BCUT2D eigenvalue weighted by atomic mass is 10.0. The van der Waals surface area contributed by atoms with Crippen LogP contribution in [0.1, 0.15) is 18.4 Å². The Morgan fingerprint density at radius 2 is 1.84 bits per heavy atom. The first-order valence-corrected chi connectivity index (χ1v) is 9.18. The third-order valence-corrected chi connectivity index (χ3v) is 5.19. The van der Waals surface area contributed by atoms with Crippen LogP contribution in [0, 0.1) is 0 Å². The van der Waals surface area contributed by atoms with E-state index in [4.69, 9.17) is 0 Å². The summed E-state index contributed by atoms with van der Waals surface area (Å²) in [4.78, 5) is 30.2. The summed E-state index contributed by atoms with van der Waals surface area (Å²) in [5, 5.41) is 3.01. The van der Waals surface area contributed by atoms with Gasteiger partial charge in [0, 0.05) is 45.8 Å². The van der Waals surface area contributed by atoms with E-state index in [1.165, 1.54) is 5.56 Å². The molecule has 25 heavy (non-hydrogen) atoms. The summed E-state index contributed by atoms with van der Waals surface area (Å²) >= 11 is 0. The van der Waals surface area contributed by atoms with Crippen LogP contribution < -0.4 is 5.32 Å². The number of carbonyl (C=O) groups is 2. The molecule has 1 aromatic carbocycles. The Morgan fingerprint density at radius 3 is 2.48 bits per heavy atom. The van der Waals surface area contributed by atoms with E-state index in [0.717, 1.165) is 45.4 Å². The molecule has 2 saturated heterocycles. The molecule has 0 saturated carbocycles. The van der Waals surface area contributed by atoms with Gasteiger partial charge in [0.1, 0.15) is 0 Å². The van der Waals surface area contributed by atoms with Crippen LogP contribution in [-0.2, 0) is 11.2 Å². The van der Waals surface area contributed by atoms with Gasteiger partial charge in [-0.1, -0.05) is 30.3 Å². The van der Waals surface area contributed by atoms with Crippen molar-refractivity contribution in [2.24, 2.45) is 0 Å². The van der Waals surface area contributed by atoms with E-state index in [1.807, 2.05) is 30.1 Å². The lowest BCUT2D eigenvalue weighted by molar-refractivity contribution is -0.122. The van der Waals surface area contributed by atoms with Crippen molar-refractivity contribution in [2.45, 2.75) is 25.3 Å². The zero-order chi connectivity index (χ0) is 17.6. The number of likely N-dealkylation sites (N-methyl/N-ethyl adjacent to an activating group) is 1. The van der Waals surface area contributed by atoms with Crippen LogP contribution in [0.25, 0.3) is 0 Å². The highest BCUT2D eigenvalue weighted by atomic mass is 16.2. The Hall–Kier alpha value is -2.08. The molecule has 0 radical (unpaired) electrons. The highest BCUT2D eigenvalue weighted by Crippen LogP contribution is 2.20. The van der Waals surface area contributed by atoms with E-state index in [2.05, 4.69) is 22.3 Å². The fourth-order valence-electron chi connectivity index (χ4n) is 3.65. The summed E-state index contributed by atoms with van der Waals surface area (Å²) < 4.78 is 0. The molecule has 3 rings (SSSR count). The number of hydrogen-bond acceptors (Lipinski definition) is 3. The Morgan fingerprint density at radius 1 is 1.12 bits per heavy atom. The molecule has 0 aromatic heterocycles. The third-order valence-electron chi connectivity index (χ3n) is 5.19. The average molecular weight is 344 g/mol. The minimum absolute atomic E-state index is 0.0892. The van der Waals surface area contributed by atoms with E-state index in [-0.39, 0.29) is 11.9 Å². The number of rotatable bonds is 6. The second-order valence-electron chi connectivity index (χ2n) is 6.99. The van der Waals surface area contributed by atoms with Crippen molar-refractivity contribution >= 4 is 11.9 Å². The molecule has 2 aliphatic heterocycles. The van der Waals surface area contributed by atoms with Gasteiger partial charge in [0.25, 0.3) is 0 Å². The Kier molecular flexibility index (Phi) is 5.91. The number of urea groups is 1. The molecule has 1 N–H and O–H groups in total. The third kappa shape index (κ3) is 4.72. The average Bonchev–Trinajstić information content (AvgIpc) is 2.96. The van der Waals surface area contributed by atoms with Crippen molar-refractivity contribution in [3.63, 3.8) is 0 Å². The number of nitrogens with zero attached hydrogens (tertiary/aromatic N) is 3. The fourth-order valence-corrected chi connectivity index (χ4v) is 3.65. The number of carbonyl (C=O) groups excluding carboxylic acids is 2. The number of amides is 3. The summed E-state index contributed by atoms with van der Waals surface area (Å²) in [6, 6.07) is 10.7. The van der Waals surface area contributed by atoms with Crippen LogP contribution in [0.15, 0.2) is 30.3 Å². The van der Waals surface area contributed by atoms with Gasteiger partial charge in [0.2, 0.25) is 5.91 Å². The Labute approximate surface area is 149 Å². The van der Waals surface area contributed by atoms with Gasteiger partial charge in [-0.15, -0.1) is 0 Å². The molecular weight excluding hydrogens is 316 g/mol. The normalized spacial score (nSPS) is 19.5. The number of nitrogens with one attached hydrogen (secondary N) is 1. The van der Waals surface area contributed by atoms with Crippen LogP contribution >= 0.6 is 0 Å². The van der Waals surface area contributed by atoms with Crippen LogP contribution in [0.5, 0.6) is 0 Å². The van der Waals surface area contributed by atoms with E-state index < -0.39 is 0 Å². The van der Waals surface area contributed by atoms with Gasteiger partial charge in [-0.2, -0.15) is 0 Å². The Balaban J connectivity index is 1.34. The molecule has 2 fully saturated rings. The summed E-state index contributed by atoms with van der Waals surface area (Å²) in [5.74, 6) is 0.0892. The molecule has 3 amide bonds. The number of likely N-dealkylation sites (tertiary alicyclic amines) is 1. The lowest BCUT2D eigenvalue weighted by Gasteiger charge is -2.36. The van der Waals surface area contributed by atoms with Crippen molar-refractivity contribution in [2.75, 3.05) is 46.3 Å². The zero-order valence-electron chi connectivity index (χ0n) is 15.0. The van der Waals surface area contributed by atoms with Gasteiger partial charge in [-0.3, -0.25) is 9.69 Å². The lowest BCUT2D eigenvalue weighted by Crippen LogP contribution is -2.48. The highest BCUT2D eigenvalue weighted by molar-refractivity contribution is 5.78. The van der Waals surface area contributed by atoms with Crippen molar-refractivity contribution in [1.82, 2.24) is 20.0 Å². The molecule has 0 spiro atoms. The topological polar surface area (TPSA) is 55.9 Å². The zero-order valence-corrected chi connectivity index (χ0v) is 15.0. The van der Waals surface area contributed by atoms with Gasteiger partial charge in [0.05, 0.1) is 6.54 Å². The summed E-state index contributed by atoms with van der Waals surface area (Å²) in [5.41, 5.74) is 1.24. The maximum absolute atomic E-state index is 12.1. The molecule has 1 aromatic rings. The van der Waals surface area contributed by atoms with Crippen LogP contribution in [-0.4, -0.2) is 79.0 Å². The quantitative estimate of drug-likeness (QED) is 0.843. The van der Waals surface area contributed by atoms with Crippen LogP contribution in [0.4, 0.5) is 4.79 Å². The number of benzene rings is 1. The van der Waals surface area contributed by atoms with Gasteiger partial charge in [-0.05, 0) is 24.8 Å². The van der Waals surface area contributed by atoms with Gasteiger partial charge < -0.3 is 15.1 Å². The molecule has 136 valence electrons. The van der Waals surface area contributed by atoms with E-state index in [9.17, 15) is 9.59 Å². The maximum Gasteiger partial charge on any atom is 0.320 e. The minimum Gasteiger partial charge on any atom is -0.355 e. The first-order valence-electron chi connectivity index (χ1n) is 9.18. The van der Waals surface area contributed by atoms with Gasteiger partial charge in [0.15, 0.2) is 0 Å². The van der Waals surface area contributed by atoms with E-state index in [1.54, 1.807) is 4.90 Å². The fraction of sp³-hybridized carbons (Fsp3) is 0.579. The molecule has 0 aliphatic carbocycles. The minimum atomic E-state index is 0.0892. The second-order valence-corrected chi connectivity index (χ2v) is 6.99. The monoisotopic (exact) mass is 344 g/mol. The molecule has 0 bridgehead atoms. The van der Waals surface area contributed by atoms with Crippen molar-refractivity contribution in [3.05, 3.63) is 35.9 Å². The van der Waals surface area contributed by atoms with Crippen molar-refractivity contribution in [3.8, 4) is 0 Å². The Bertz CT molecular complexity index is 584. The van der Waals surface area contributed by atoms with Crippen LogP contribution in [0.3, 0.4) is 0 Å². The van der Waals surface area contributed by atoms with Gasteiger partial charge in [-0.25, -0.2) is 4.79 Å². The number of piperidine rings is 1. The van der Waals surface area contributed by atoms with E-state index >= 15 is 0 Å². The summed E-state index contributed by atoms with van der Waals surface area (Å²) in [6.07, 6.45) is 2.77. The predicted molar refractivity (Wildman–Crippen MR) is 97.3 cm³/mol. The molecule has 6 nitrogen and oxygen atoms in total. The van der Waals surface area contributed by atoms with E-state index in [0.29, 0.717) is 19.1 Å². The van der Waals surface area contributed by atoms with Crippen molar-refractivity contribution < 1.29 is 9.59 Å². The summed E-state index contributed by atoms with van der Waals surface area (Å²) in [6.45, 7) is 4.54. The number of hydrogen-bond donors (Lipinski definition) is 1. The molecule has 2 aliphatic rings. The SMILES string of the molecule is CN1CCN(C2CCN(CC(=O)NCCc3ccccc3)CC2)C1=O. The smallest absolute Gasteiger partial charge is 0.320 e. The first-order chi connectivity index (χ1) is 12.1.